The number of alkyl halides is 3. The number of amidine groups is 1. The number of anilines is 1. The number of aliphatic imine (C=N–C) groups is 1. The van der Waals surface area contributed by atoms with Crippen LogP contribution in [0.3, 0.4) is 0 Å². The third kappa shape index (κ3) is 6.33. The molecule has 0 spiro atoms. The number of ether oxygens (including phenoxy) is 1. The molecule has 33 heavy (non-hydrogen) atoms. The summed E-state index contributed by atoms with van der Waals surface area (Å²) in [5.74, 6) is -1.26. The molecule has 1 aromatic carbocycles. The Morgan fingerprint density at radius 3 is 2.55 bits per heavy atom. The number of amides is 2. The van der Waals surface area contributed by atoms with E-state index in [1.54, 1.807) is 20.8 Å². The number of nitrogens with one attached hydrogen (secondary N) is 1. The van der Waals surface area contributed by atoms with E-state index in [2.05, 4.69) is 10.3 Å². The first kappa shape index (κ1) is 25.6. The molecule has 0 aromatic heterocycles. The second kappa shape index (κ2) is 8.99. The number of carbonyl (C=O) groups excluding carboxylic acids is 2. The van der Waals surface area contributed by atoms with E-state index in [9.17, 15) is 31.2 Å². The summed E-state index contributed by atoms with van der Waals surface area (Å²) in [4.78, 5) is 29.4. The van der Waals surface area contributed by atoms with Gasteiger partial charge in [0, 0.05) is 10.9 Å². The monoisotopic (exact) mass is 527 g/mol. The van der Waals surface area contributed by atoms with Crippen molar-refractivity contribution in [2.45, 2.75) is 43.8 Å². The molecular formula is C19H21ClF3N3O5S2. The van der Waals surface area contributed by atoms with Gasteiger partial charge >= 0.3 is 12.3 Å². The number of rotatable bonds is 3. The zero-order valence-corrected chi connectivity index (χ0v) is 20.2. The van der Waals surface area contributed by atoms with Gasteiger partial charge in [-0.1, -0.05) is 23.4 Å². The number of fused-ring (bicyclic) bond motifs is 1. The summed E-state index contributed by atoms with van der Waals surface area (Å²) in [5.41, 5.74) is -1.85. The molecule has 2 aliphatic heterocycles. The van der Waals surface area contributed by atoms with Crippen molar-refractivity contribution in [2.24, 2.45) is 4.99 Å². The van der Waals surface area contributed by atoms with Gasteiger partial charge < -0.3 is 15.0 Å². The van der Waals surface area contributed by atoms with Gasteiger partial charge in [-0.25, -0.2) is 13.2 Å². The van der Waals surface area contributed by atoms with Crippen molar-refractivity contribution >= 4 is 56.1 Å². The number of benzene rings is 1. The molecule has 0 radical (unpaired) electrons. The predicted octanol–water partition coefficient (Wildman–Crippen LogP) is 3.48. The first-order chi connectivity index (χ1) is 15.1. The Bertz CT molecular complexity index is 1100. The standard InChI is InChI=1S/C19H21ClF3N3O5S2/c1-18(2,3)31-17(28)24-7-15(27)25-16-26(13-8-33(29,30)9-14(13)32-16)10-4-5-12(20)11(6-10)19(21,22)23/h4-6,13-14H,7-9H2,1-3H3,(H,24,28). The number of alkyl carbamates (subject to hydrolysis) is 1. The molecule has 2 saturated heterocycles. The average Bonchev–Trinajstić information content (AvgIpc) is 3.09. The summed E-state index contributed by atoms with van der Waals surface area (Å²) >= 11 is 6.70. The second-order valence-electron chi connectivity index (χ2n) is 8.48. The van der Waals surface area contributed by atoms with Gasteiger partial charge in [-0.05, 0) is 39.0 Å². The summed E-state index contributed by atoms with van der Waals surface area (Å²) < 4.78 is 69.4. The Hall–Kier alpha value is -1.99. The molecule has 0 aliphatic carbocycles. The van der Waals surface area contributed by atoms with E-state index in [0.29, 0.717) is 0 Å². The Morgan fingerprint density at radius 1 is 1.27 bits per heavy atom. The van der Waals surface area contributed by atoms with E-state index in [1.807, 2.05) is 0 Å². The normalized spacial score (nSPS) is 23.5. The number of sulfone groups is 1. The van der Waals surface area contributed by atoms with Crippen LogP contribution in [-0.4, -0.2) is 60.5 Å². The lowest BCUT2D eigenvalue weighted by Gasteiger charge is -2.25. The van der Waals surface area contributed by atoms with Crippen LogP contribution < -0.4 is 10.2 Å². The molecule has 8 nitrogen and oxygen atoms in total. The van der Waals surface area contributed by atoms with Crippen LogP contribution in [0.2, 0.25) is 5.02 Å². The molecule has 182 valence electrons. The Morgan fingerprint density at radius 2 is 1.94 bits per heavy atom. The highest BCUT2D eigenvalue weighted by Crippen LogP contribution is 2.43. The highest BCUT2D eigenvalue weighted by molar-refractivity contribution is 8.16. The van der Waals surface area contributed by atoms with Crippen molar-refractivity contribution in [1.29, 1.82) is 0 Å². The lowest BCUT2D eigenvalue weighted by atomic mass is 10.1. The third-order valence-electron chi connectivity index (χ3n) is 4.60. The minimum atomic E-state index is -4.73. The lowest BCUT2D eigenvalue weighted by Crippen LogP contribution is -2.38. The maximum atomic E-state index is 13.4. The number of carbonyl (C=O) groups is 2. The van der Waals surface area contributed by atoms with E-state index < -0.39 is 62.0 Å². The van der Waals surface area contributed by atoms with Gasteiger partial charge in [0.25, 0.3) is 5.91 Å². The molecule has 3 rings (SSSR count). The van der Waals surface area contributed by atoms with Gasteiger partial charge in [0.2, 0.25) is 0 Å². The fraction of sp³-hybridized carbons (Fsp3) is 0.526. The molecule has 0 bridgehead atoms. The fourth-order valence-electron chi connectivity index (χ4n) is 3.35. The van der Waals surface area contributed by atoms with Crippen molar-refractivity contribution in [3.8, 4) is 0 Å². The van der Waals surface area contributed by atoms with Crippen LogP contribution in [-0.2, 0) is 25.5 Å². The van der Waals surface area contributed by atoms with Gasteiger partial charge in [0.1, 0.15) is 12.1 Å². The SMILES string of the molecule is CC(C)(C)OC(=O)NCC(=O)N=C1SC2CS(=O)(=O)CC2N1c1ccc(Cl)c(C(F)(F)F)c1. The quantitative estimate of drug-likeness (QED) is 0.641. The molecule has 1 aromatic rings. The van der Waals surface area contributed by atoms with Crippen LogP contribution in [0.15, 0.2) is 23.2 Å². The van der Waals surface area contributed by atoms with Crippen LogP contribution >= 0.6 is 23.4 Å². The molecule has 2 aliphatic rings. The molecule has 14 heteroatoms. The van der Waals surface area contributed by atoms with Gasteiger partial charge in [0.05, 0.1) is 28.1 Å². The number of thioether (sulfide) groups is 1. The Kier molecular flexibility index (Phi) is 6.98. The number of hydrogen-bond donors (Lipinski definition) is 1. The molecule has 1 N–H and O–H groups in total. The van der Waals surface area contributed by atoms with Crippen LogP contribution in [0.25, 0.3) is 0 Å². The summed E-state index contributed by atoms with van der Waals surface area (Å²) in [6.45, 7) is 4.44. The molecule has 2 atom stereocenters. The van der Waals surface area contributed by atoms with Gasteiger partial charge in [0.15, 0.2) is 15.0 Å². The fourth-order valence-corrected chi connectivity index (χ4v) is 7.51. The first-order valence-electron chi connectivity index (χ1n) is 9.67. The van der Waals surface area contributed by atoms with Crippen LogP contribution in [0.5, 0.6) is 0 Å². The zero-order valence-electron chi connectivity index (χ0n) is 17.8. The Balaban J connectivity index is 1.88. The molecule has 0 saturated carbocycles. The molecule has 2 unspecified atom stereocenters. The van der Waals surface area contributed by atoms with Crippen molar-refractivity contribution in [2.75, 3.05) is 23.0 Å². The smallest absolute Gasteiger partial charge is 0.417 e. The van der Waals surface area contributed by atoms with Gasteiger partial charge in [-0.3, -0.25) is 4.79 Å². The average molecular weight is 528 g/mol. The second-order valence-corrected chi connectivity index (χ2v) is 12.2. The number of halogens is 4. The van der Waals surface area contributed by atoms with Crippen molar-refractivity contribution in [3.63, 3.8) is 0 Å². The molecule has 2 fully saturated rings. The highest BCUT2D eigenvalue weighted by Gasteiger charge is 2.49. The summed E-state index contributed by atoms with van der Waals surface area (Å²) in [6.07, 6.45) is -5.56. The van der Waals surface area contributed by atoms with E-state index in [-0.39, 0.29) is 22.4 Å². The Labute approximate surface area is 197 Å². The minimum Gasteiger partial charge on any atom is -0.444 e. The molecule has 2 amide bonds. The van der Waals surface area contributed by atoms with Crippen molar-refractivity contribution in [1.82, 2.24) is 5.32 Å². The van der Waals surface area contributed by atoms with Crippen LogP contribution in [0, 0.1) is 0 Å². The third-order valence-corrected chi connectivity index (χ3v) is 8.14. The van der Waals surface area contributed by atoms with Crippen molar-refractivity contribution in [3.05, 3.63) is 28.8 Å². The number of hydrogen-bond acceptors (Lipinski definition) is 6. The topological polar surface area (TPSA) is 105 Å². The maximum Gasteiger partial charge on any atom is 0.417 e. The largest absolute Gasteiger partial charge is 0.444 e. The highest BCUT2D eigenvalue weighted by atomic mass is 35.5. The molecule has 2 heterocycles. The first-order valence-corrected chi connectivity index (χ1v) is 12.7. The maximum absolute atomic E-state index is 13.4. The lowest BCUT2D eigenvalue weighted by molar-refractivity contribution is -0.137. The van der Waals surface area contributed by atoms with Gasteiger partial charge in [-0.2, -0.15) is 18.2 Å². The summed E-state index contributed by atoms with van der Waals surface area (Å²) in [6, 6.07) is 2.47. The zero-order chi connectivity index (χ0) is 24.8. The van der Waals surface area contributed by atoms with E-state index in [4.69, 9.17) is 16.3 Å². The minimum absolute atomic E-state index is 0.00970. The van der Waals surface area contributed by atoms with Crippen LogP contribution in [0.4, 0.5) is 23.7 Å². The van der Waals surface area contributed by atoms with Crippen LogP contribution in [0.1, 0.15) is 26.3 Å². The van der Waals surface area contributed by atoms with E-state index in [1.165, 1.54) is 11.0 Å². The number of nitrogens with zero attached hydrogens (tertiary/aromatic N) is 2. The predicted molar refractivity (Wildman–Crippen MR) is 119 cm³/mol. The summed E-state index contributed by atoms with van der Waals surface area (Å²) in [7, 11) is -3.41. The summed E-state index contributed by atoms with van der Waals surface area (Å²) in [5, 5.41) is 1.29. The molecular weight excluding hydrogens is 507 g/mol. The van der Waals surface area contributed by atoms with E-state index in [0.717, 1.165) is 23.9 Å². The van der Waals surface area contributed by atoms with Crippen molar-refractivity contribution < 1.29 is 35.9 Å². The van der Waals surface area contributed by atoms with Gasteiger partial charge in [-0.15, -0.1) is 0 Å². The van der Waals surface area contributed by atoms with E-state index >= 15 is 0 Å².